The number of fused-ring (bicyclic) bond motifs is 1. The summed E-state index contributed by atoms with van der Waals surface area (Å²) in [7, 11) is -0.526. The fourth-order valence-electron chi connectivity index (χ4n) is 3.17. The lowest BCUT2D eigenvalue weighted by Gasteiger charge is -2.32. The van der Waals surface area contributed by atoms with Crippen molar-refractivity contribution in [1.82, 2.24) is 0 Å². The minimum absolute atomic E-state index is 0.113. The smallest absolute Gasteiger partial charge is 0.400 e. The van der Waals surface area contributed by atoms with Gasteiger partial charge in [0.05, 0.1) is 11.2 Å². The Hall–Kier alpha value is -1.30. The molecule has 2 heterocycles. The standard InChI is InChI=1S/C19H25BClNO3/c1-6-7-8-14(20-24-18(2,3)19(4,5)25-20)16-13-11-12(21)9-10-15(13)22-17(16)23/h9-11H,6-8H2,1-5H3,(H,22,23)/b16-14-. The van der Waals surface area contributed by atoms with Crippen molar-refractivity contribution < 1.29 is 14.1 Å². The van der Waals surface area contributed by atoms with Gasteiger partial charge in [0.2, 0.25) is 0 Å². The van der Waals surface area contributed by atoms with Crippen LogP contribution >= 0.6 is 11.6 Å². The van der Waals surface area contributed by atoms with Crippen molar-refractivity contribution in [1.29, 1.82) is 0 Å². The van der Waals surface area contributed by atoms with E-state index < -0.39 is 18.3 Å². The highest BCUT2D eigenvalue weighted by Crippen LogP contribution is 2.43. The Morgan fingerprint density at radius 3 is 2.44 bits per heavy atom. The molecule has 134 valence electrons. The van der Waals surface area contributed by atoms with Crippen molar-refractivity contribution >= 4 is 35.9 Å². The molecule has 0 aliphatic carbocycles. The number of amides is 1. The fourth-order valence-corrected chi connectivity index (χ4v) is 3.34. The summed E-state index contributed by atoms with van der Waals surface area (Å²) in [6, 6.07) is 5.45. The number of allylic oxidation sites excluding steroid dienone is 1. The molecular formula is C19H25BClNO3. The monoisotopic (exact) mass is 361 g/mol. The molecule has 4 nitrogen and oxygen atoms in total. The third-order valence-corrected chi connectivity index (χ3v) is 5.62. The van der Waals surface area contributed by atoms with E-state index in [1.807, 2.05) is 39.8 Å². The highest BCUT2D eigenvalue weighted by molar-refractivity contribution is 6.59. The quantitative estimate of drug-likeness (QED) is 0.615. The molecule has 1 N–H and O–H groups in total. The first-order valence-corrected chi connectivity index (χ1v) is 9.24. The largest absolute Gasteiger partial charge is 0.491 e. The van der Waals surface area contributed by atoms with Gasteiger partial charge in [0.25, 0.3) is 5.91 Å². The summed E-state index contributed by atoms with van der Waals surface area (Å²) in [6.45, 7) is 10.2. The van der Waals surface area contributed by atoms with Gasteiger partial charge in [0.15, 0.2) is 0 Å². The molecule has 1 aromatic rings. The molecule has 1 aromatic carbocycles. The topological polar surface area (TPSA) is 47.6 Å². The van der Waals surface area contributed by atoms with E-state index in [2.05, 4.69) is 12.2 Å². The molecule has 2 aliphatic heterocycles. The van der Waals surface area contributed by atoms with E-state index in [-0.39, 0.29) is 5.91 Å². The molecular weight excluding hydrogens is 336 g/mol. The molecule has 1 amide bonds. The number of carbonyl (C=O) groups is 1. The minimum atomic E-state index is -0.526. The van der Waals surface area contributed by atoms with Gasteiger partial charge < -0.3 is 14.6 Å². The normalized spacial score (nSPS) is 22.8. The molecule has 25 heavy (non-hydrogen) atoms. The van der Waals surface area contributed by atoms with Crippen LogP contribution in [0.25, 0.3) is 5.57 Å². The van der Waals surface area contributed by atoms with Gasteiger partial charge in [-0.1, -0.05) is 31.4 Å². The van der Waals surface area contributed by atoms with Crippen LogP contribution in [-0.2, 0) is 14.1 Å². The number of unbranched alkanes of at least 4 members (excludes halogenated alkanes) is 1. The van der Waals surface area contributed by atoms with Crippen LogP contribution in [0.5, 0.6) is 0 Å². The average molecular weight is 362 g/mol. The first-order chi connectivity index (χ1) is 11.7. The number of benzene rings is 1. The SMILES string of the molecule is CCCC/C(B1OC(C)(C)C(C)(C)O1)=C1/C(=O)Nc2ccc(Cl)cc21. The fraction of sp³-hybridized carbons (Fsp3) is 0.526. The highest BCUT2D eigenvalue weighted by atomic mass is 35.5. The maximum Gasteiger partial charge on any atom is 0.491 e. The van der Waals surface area contributed by atoms with E-state index in [1.165, 1.54) is 0 Å². The molecule has 6 heteroatoms. The number of halogens is 1. The molecule has 2 aliphatic rings. The Kier molecular flexibility index (Phi) is 4.78. The summed E-state index contributed by atoms with van der Waals surface area (Å²) < 4.78 is 12.5. The first kappa shape index (κ1) is 18.5. The van der Waals surface area contributed by atoms with Crippen molar-refractivity contribution in [2.75, 3.05) is 5.32 Å². The zero-order valence-electron chi connectivity index (χ0n) is 15.5. The summed E-state index contributed by atoms with van der Waals surface area (Å²) in [4.78, 5) is 12.7. The zero-order valence-corrected chi connectivity index (χ0v) is 16.3. The van der Waals surface area contributed by atoms with Crippen LogP contribution < -0.4 is 5.32 Å². The second-order valence-electron chi connectivity index (χ2n) is 7.74. The molecule has 0 radical (unpaired) electrons. The van der Waals surface area contributed by atoms with Crippen molar-refractivity contribution in [2.24, 2.45) is 0 Å². The molecule has 0 spiro atoms. The number of carbonyl (C=O) groups excluding carboxylic acids is 1. The first-order valence-electron chi connectivity index (χ1n) is 8.86. The maximum atomic E-state index is 12.7. The van der Waals surface area contributed by atoms with E-state index in [4.69, 9.17) is 20.9 Å². The van der Waals surface area contributed by atoms with Crippen LogP contribution in [0.15, 0.2) is 23.7 Å². The van der Waals surface area contributed by atoms with Crippen LogP contribution in [0.2, 0.25) is 5.02 Å². The lowest BCUT2D eigenvalue weighted by Crippen LogP contribution is -2.41. The zero-order chi connectivity index (χ0) is 18.4. The van der Waals surface area contributed by atoms with Gasteiger partial charge in [0.1, 0.15) is 0 Å². The number of hydrogen-bond donors (Lipinski definition) is 1. The van der Waals surface area contributed by atoms with E-state index in [1.54, 1.807) is 6.07 Å². The molecule has 0 unspecified atom stereocenters. The lowest BCUT2D eigenvalue weighted by molar-refractivity contribution is -0.110. The highest BCUT2D eigenvalue weighted by Gasteiger charge is 2.53. The van der Waals surface area contributed by atoms with Crippen LogP contribution in [0.4, 0.5) is 5.69 Å². The predicted octanol–water partition coefficient (Wildman–Crippen LogP) is 4.87. The Labute approximate surface area is 155 Å². The van der Waals surface area contributed by atoms with Crippen molar-refractivity contribution in [2.45, 2.75) is 65.1 Å². The van der Waals surface area contributed by atoms with E-state index in [0.717, 1.165) is 36.0 Å². The maximum absolute atomic E-state index is 12.7. The van der Waals surface area contributed by atoms with Gasteiger partial charge in [-0.3, -0.25) is 4.79 Å². The summed E-state index contributed by atoms with van der Waals surface area (Å²) >= 11 is 6.17. The van der Waals surface area contributed by atoms with Gasteiger partial charge in [0, 0.05) is 21.8 Å². The Morgan fingerprint density at radius 1 is 1.20 bits per heavy atom. The summed E-state index contributed by atoms with van der Waals surface area (Å²) in [5, 5.41) is 3.54. The van der Waals surface area contributed by atoms with Crippen LogP contribution in [0.3, 0.4) is 0 Å². The van der Waals surface area contributed by atoms with Gasteiger partial charge in [-0.15, -0.1) is 0 Å². The molecule has 0 atom stereocenters. The molecule has 0 bridgehead atoms. The summed E-state index contributed by atoms with van der Waals surface area (Å²) in [6.07, 6.45) is 2.74. The Morgan fingerprint density at radius 2 is 1.84 bits per heavy atom. The number of hydrogen-bond acceptors (Lipinski definition) is 3. The average Bonchev–Trinajstić information content (AvgIpc) is 2.93. The Balaban J connectivity index is 2.10. The summed E-state index contributed by atoms with van der Waals surface area (Å²) in [5.41, 5.74) is 2.28. The lowest BCUT2D eigenvalue weighted by atomic mass is 9.71. The third kappa shape index (κ3) is 3.25. The molecule has 3 rings (SSSR count). The van der Waals surface area contributed by atoms with Crippen LogP contribution in [0, 0.1) is 0 Å². The number of rotatable bonds is 4. The van der Waals surface area contributed by atoms with Crippen molar-refractivity contribution in [3.05, 3.63) is 34.3 Å². The van der Waals surface area contributed by atoms with Crippen molar-refractivity contribution in [3.8, 4) is 0 Å². The van der Waals surface area contributed by atoms with Gasteiger partial charge >= 0.3 is 7.12 Å². The van der Waals surface area contributed by atoms with E-state index >= 15 is 0 Å². The van der Waals surface area contributed by atoms with Crippen molar-refractivity contribution in [3.63, 3.8) is 0 Å². The second kappa shape index (κ2) is 6.46. The van der Waals surface area contributed by atoms with Crippen LogP contribution in [-0.4, -0.2) is 24.2 Å². The van der Waals surface area contributed by atoms with E-state index in [9.17, 15) is 4.79 Å². The number of nitrogens with one attached hydrogen (secondary N) is 1. The summed E-state index contributed by atoms with van der Waals surface area (Å²) in [5.74, 6) is -0.113. The van der Waals surface area contributed by atoms with Gasteiger partial charge in [-0.25, -0.2) is 0 Å². The van der Waals surface area contributed by atoms with Gasteiger partial charge in [-0.05, 0) is 57.8 Å². The van der Waals surface area contributed by atoms with E-state index in [0.29, 0.717) is 10.6 Å². The number of anilines is 1. The molecule has 0 saturated carbocycles. The molecule has 1 saturated heterocycles. The molecule has 0 aromatic heterocycles. The third-order valence-electron chi connectivity index (χ3n) is 5.38. The minimum Gasteiger partial charge on any atom is -0.400 e. The second-order valence-corrected chi connectivity index (χ2v) is 8.17. The molecule has 1 fully saturated rings. The van der Waals surface area contributed by atoms with Gasteiger partial charge in [-0.2, -0.15) is 0 Å². The Bertz CT molecular complexity index is 726. The van der Waals surface area contributed by atoms with Crippen LogP contribution in [0.1, 0.15) is 59.4 Å². The predicted molar refractivity (Wildman–Crippen MR) is 103 cm³/mol.